The van der Waals surface area contributed by atoms with Crippen molar-refractivity contribution < 1.29 is 22.7 Å². The van der Waals surface area contributed by atoms with Crippen molar-refractivity contribution >= 4 is 21.6 Å². The van der Waals surface area contributed by atoms with Crippen molar-refractivity contribution in [3.05, 3.63) is 48.5 Å². The summed E-state index contributed by atoms with van der Waals surface area (Å²) in [6, 6.07) is 12.7. The van der Waals surface area contributed by atoms with Crippen molar-refractivity contribution in [3.63, 3.8) is 0 Å². The highest BCUT2D eigenvalue weighted by Gasteiger charge is 2.29. The first kappa shape index (κ1) is 22.5. The number of nitrogens with zero attached hydrogens (tertiary/aromatic N) is 1. The van der Waals surface area contributed by atoms with Crippen molar-refractivity contribution in [2.45, 2.75) is 37.6 Å². The summed E-state index contributed by atoms with van der Waals surface area (Å²) < 4.78 is 38.4. The highest BCUT2D eigenvalue weighted by Crippen LogP contribution is 2.35. The molecule has 2 rings (SSSR count). The van der Waals surface area contributed by atoms with Gasteiger partial charge in [0.15, 0.2) is 0 Å². The molecule has 0 spiro atoms. The Hall–Kier alpha value is -2.74. The van der Waals surface area contributed by atoms with E-state index in [1.54, 1.807) is 36.4 Å². The van der Waals surface area contributed by atoms with Gasteiger partial charge in [-0.05, 0) is 37.6 Å². The van der Waals surface area contributed by atoms with Crippen LogP contribution in [0.4, 0.5) is 5.69 Å². The molecular formula is C21H28N2O5S. The minimum atomic E-state index is -4.00. The number of amides is 1. The maximum atomic E-state index is 13.4. The van der Waals surface area contributed by atoms with Crippen molar-refractivity contribution in [1.82, 2.24) is 5.32 Å². The molecule has 0 unspecified atom stereocenters. The monoisotopic (exact) mass is 420 g/mol. The largest absolute Gasteiger partial charge is 0.497 e. The molecule has 0 radical (unpaired) electrons. The van der Waals surface area contributed by atoms with Crippen molar-refractivity contribution in [2.24, 2.45) is 0 Å². The lowest BCUT2D eigenvalue weighted by molar-refractivity contribution is -0.120. The average molecular weight is 421 g/mol. The lowest BCUT2D eigenvalue weighted by Crippen LogP contribution is -2.43. The number of carbonyl (C=O) groups excluding carboxylic acids is 1. The summed E-state index contributed by atoms with van der Waals surface area (Å²) >= 11 is 0. The first-order valence-corrected chi connectivity index (χ1v) is 10.9. The van der Waals surface area contributed by atoms with E-state index >= 15 is 0 Å². The quantitative estimate of drug-likeness (QED) is 0.638. The summed E-state index contributed by atoms with van der Waals surface area (Å²) in [5.41, 5.74) is 0.260. The third-order valence-corrected chi connectivity index (χ3v) is 6.18. The highest BCUT2D eigenvalue weighted by molar-refractivity contribution is 7.92. The lowest BCUT2D eigenvalue weighted by atomic mass is 10.2. The molecule has 7 nitrogen and oxygen atoms in total. The van der Waals surface area contributed by atoms with Crippen LogP contribution in [0.2, 0.25) is 0 Å². The molecule has 0 aliphatic rings. The van der Waals surface area contributed by atoms with E-state index in [2.05, 4.69) is 5.32 Å². The van der Waals surface area contributed by atoms with Crippen LogP contribution in [0.15, 0.2) is 53.4 Å². The zero-order valence-electron chi connectivity index (χ0n) is 17.2. The van der Waals surface area contributed by atoms with Gasteiger partial charge < -0.3 is 14.8 Å². The molecule has 0 bridgehead atoms. The number of methoxy groups -OCH3 is 2. The number of sulfonamides is 1. The summed E-state index contributed by atoms with van der Waals surface area (Å²) in [7, 11) is -1.05. The Bertz CT molecular complexity index is 916. The maximum Gasteiger partial charge on any atom is 0.264 e. The zero-order chi connectivity index (χ0) is 21.4. The first-order valence-electron chi connectivity index (χ1n) is 9.42. The van der Waals surface area contributed by atoms with Gasteiger partial charge in [-0.3, -0.25) is 9.10 Å². The summed E-state index contributed by atoms with van der Waals surface area (Å²) in [5, 5.41) is 2.85. The summed E-state index contributed by atoms with van der Waals surface area (Å²) in [6.45, 7) is 3.55. The minimum absolute atomic E-state index is 0.0495. The molecule has 0 fully saturated rings. The van der Waals surface area contributed by atoms with Crippen LogP contribution in [0.1, 0.15) is 26.7 Å². The fourth-order valence-corrected chi connectivity index (χ4v) is 4.42. The van der Waals surface area contributed by atoms with Gasteiger partial charge in [-0.1, -0.05) is 31.5 Å². The summed E-state index contributed by atoms with van der Waals surface area (Å²) in [6.07, 6.45) is 1.73. The number of hydrogen-bond donors (Lipinski definition) is 1. The van der Waals surface area contributed by atoms with Crippen LogP contribution in [0.5, 0.6) is 11.5 Å². The molecule has 1 atom stereocenters. The number of carbonyl (C=O) groups is 1. The van der Waals surface area contributed by atoms with Gasteiger partial charge in [-0.25, -0.2) is 8.42 Å². The van der Waals surface area contributed by atoms with E-state index < -0.39 is 10.0 Å². The third-order valence-electron chi connectivity index (χ3n) is 4.40. The number of hydrogen-bond acceptors (Lipinski definition) is 5. The van der Waals surface area contributed by atoms with E-state index in [0.717, 1.165) is 17.1 Å². The number of ether oxygens (including phenoxy) is 2. The van der Waals surface area contributed by atoms with Crippen LogP contribution >= 0.6 is 0 Å². The van der Waals surface area contributed by atoms with Crippen molar-refractivity contribution in [2.75, 3.05) is 25.1 Å². The number of nitrogens with one attached hydrogen (secondary N) is 1. The predicted molar refractivity (Wildman–Crippen MR) is 113 cm³/mol. The van der Waals surface area contributed by atoms with Gasteiger partial charge in [-0.15, -0.1) is 0 Å². The van der Waals surface area contributed by atoms with Crippen molar-refractivity contribution in [1.29, 1.82) is 0 Å². The van der Waals surface area contributed by atoms with E-state index in [-0.39, 0.29) is 29.1 Å². The molecule has 1 amide bonds. The Morgan fingerprint density at radius 2 is 1.79 bits per heavy atom. The average Bonchev–Trinajstić information content (AvgIpc) is 2.72. The number of rotatable bonds is 10. The smallest absolute Gasteiger partial charge is 0.264 e. The second-order valence-electron chi connectivity index (χ2n) is 6.62. The fourth-order valence-electron chi connectivity index (χ4n) is 2.97. The molecule has 0 aliphatic carbocycles. The Balaban J connectivity index is 2.48. The zero-order valence-corrected chi connectivity index (χ0v) is 18.0. The predicted octanol–water partition coefficient (Wildman–Crippen LogP) is 3.20. The van der Waals surface area contributed by atoms with Crippen LogP contribution in [0, 0.1) is 0 Å². The molecule has 0 heterocycles. The van der Waals surface area contributed by atoms with E-state index in [9.17, 15) is 13.2 Å². The van der Waals surface area contributed by atoms with Gasteiger partial charge in [-0.2, -0.15) is 0 Å². The number of anilines is 1. The normalized spacial score (nSPS) is 12.1. The molecule has 0 saturated carbocycles. The minimum Gasteiger partial charge on any atom is -0.497 e. The molecule has 29 heavy (non-hydrogen) atoms. The lowest BCUT2D eigenvalue weighted by Gasteiger charge is -2.26. The van der Waals surface area contributed by atoms with Crippen LogP contribution < -0.4 is 19.1 Å². The molecule has 0 aliphatic heterocycles. The SMILES string of the molecule is CCC[C@@H](C)NC(=O)CN(c1ccc(OC)cc1OC)S(=O)(=O)c1ccccc1. The molecule has 0 aromatic heterocycles. The maximum absolute atomic E-state index is 13.4. The van der Waals surface area contributed by atoms with Gasteiger partial charge in [0.2, 0.25) is 5.91 Å². The van der Waals surface area contributed by atoms with Gasteiger partial charge >= 0.3 is 0 Å². The fraction of sp³-hybridized carbons (Fsp3) is 0.381. The van der Waals surface area contributed by atoms with Crippen LogP contribution in [0.3, 0.4) is 0 Å². The molecule has 0 saturated heterocycles. The molecule has 8 heteroatoms. The van der Waals surface area contributed by atoms with Gasteiger partial charge in [0, 0.05) is 12.1 Å². The topological polar surface area (TPSA) is 84.9 Å². The van der Waals surface area contributed by atoms with Crippen LogP contribution in [0.25, 0.3) is 0 Å². The van der Waals surface area contributed by atoms with Gasteiger partial charge in [0.25, 0.3) is 10.0 Å². The van der Waals surface area contributed by atoms with Crippen LogP contribution in [-0.4, -0.2) is 41.1 Å². The second kappa shape index (κ2) is 10.2. The van der Waals surface area contributed by atoms with E-state index in [4.69, 9.17) is 9.47 Å². The second-order valence-corrected chi connectivity index (χ2v) is 8.48. The van der Waals surface area contributed by atoms with E-state index in [1.807, 2.05) is 13.8 Å². The Kier molecular flexibility index (Phi) is 7.90. The summed E-state index contributed by atoms with van der Waals surface area (Å²) in [4.78, 5) is 12.7. The molecule has 1 N–H and O–H groups in total. The molecule has 2 aromatic rings. The Labute approximate surface area is 172 Å². The highest BCUT2D eigenvalue weighted by atomic mass is 32.2. The van der Waals surface area contributed by atoms with Crippen LogP contribution in [-0.2, 0) is 14.8 Å². The Morgan fingerprint density at radius 3 is 2.38 bits per heavy atom. The standard InChI is InChI=1S/C21H28N2O5S/c1-5-9-16(2)22-21(24)15-23(29(25,26)18-10-7-6-8-11-18)19-13-12-17(27-3)14-20(19)28-4/h6-8,10-14,16H,5,9,15H2,1-4H3,(H,22,24)/t16-/m1/s1. The van der Waals surface area contributed by atoms with Gasteiger partial charge in [0.05, 0.1) is 24.8 Å². The third kappa shape index (κ3) is 5.63. The first-order chi connectivity index (χ1) is 13.8. The molecular weight excluding hydrogens is 392 g/mol. The van der Waals surface area contributed by atoms with Crippen molar-refractivity contribution in [3.8, 4) is 11.5 Å². The van der Waals surface area contributed by atoms with E-state index in [0.29, 0.717) is 11.5 Å². The summed E-state index contributed by atoms with van der Waals surface area (Å²) in [5.74, 6) is 0.422. The van der Waals surface area contributed by atoms with Gasteiger partial charge in [0.1, 0.15) is 18.0 Å². The molecule has 2 aromatic carbocycles. The molecule has 158 valence electrons. The Morgan fingerprint density at radius 1 is 1.10 bits per heavy atom. The number of benzene rings is 2. The van der Waals surface area contributed by atoms with E-state index in [1.165, 1.54) is 26.4 Å².